The quantitative estimate of drug-likeness (QED) is 0.437. The highest BCUT2D eigenvalue weighted by Crippen LogP contribution is 2.35. The molecule has 1 aromatic carbocycles. The van der Waals surface area contributed by atoms with E-state index in [1.165, 1.54) is 30.5 Å². The van der Waals surface area contributed by atoms with Crippen LogP contribution < -0.4 is 10.9 Å². The lowest BCUT2D eigenvalue weighted by atomic mass is 10.1. The summed E-state index contributed by atoms with van der Waals surface area (Å²) in [7, 11) is 0. The first-order valence-electron chi connectivity index (χ1n) is 9.07. The highest BCUT2D eigenvalue weighted by atomic mass is 19.4. The van der Waals surface area contributed by atoms with E-state index >= 15 is 0 Å². The van der Waals surface area contributed by atoms with Gasteiger partial charge >= 0.3 is 12.4 Å². The van der Waals surface area contributed by atoms with Crippen LogP contribution in [0.15, 0.2) is 59.9 Å². The summed E-state index contributed by atoms with van der Waals surface area (Å²) in [6.45, 7) is 0. The number of alkyl halides is 6. The second-order valence-electron chi connectivity index (χ2n) is 6.74. The number of amides is 1. The van der Waals surface area contributed by atoms with E-state index in [1.807, 2.05) is 5.32 Å². The van der Waals surface area contributed by atoms with Crippen LogP contribution >= 0.6 is 0 Å². The van der Waals surface area contributed by atoms with Crippen molar-refractivity contribution in [1.29, 1.82) is 0 Å². The minimum atomic E-state index is -5.07. The van der Waals surface area contributed by atoms with Crippen molar-refractivity contribution < 1.29 is 31.1 Å². The number of imidazole rings is 1. The Morgan fingerprint density at radius 1 is 0.970 bits per heavy atom. The Hall–Kier alpha value is -4.16. The zero-order chi connectivity index (χ0) is 24.0. The number of hydrogen-bond donors (Lipinski definition) is 2. The van der Waals surface area contributed by atoms with Crippen LogP contribution in [-0.4, -0.2) is 25.4 Å². The van der Waals surface area contributed by atoms with Crippen LogP contribution in [0.25, 0.3) is 16.5 Å². The molecule has 7 nitrogen and oxygen atoms in total. The van der Waals surface area contributed by atoms with Gasteiger partial charge in [0.05, 0.1) is 5.69 Å². The fourth-order valence-corrected chi connectivity index (χ4v) is 3.24. The Bertz CT molecular complexity index is 1420. The number of carbonyl (C=O) groups is 1. The Morgan fingerprint density at radius 3 is 2.42 bits per heavy atom. The highest BCUT2D eigenvalue weighted by Gasteiger charge is 2.41. The number of hydrogen-bond acceptors (Lipinski definition) is 4. The van der Waals surface area contributed by atoms with Crippen LogP contribution in [0.4, 0.5) is 32.0 Å². The molecule has 0 aliphatic heterocycles. The molecule has 0 aliphatic carbocycles. The number of rotatable bonds is 3. The number of aromatic amines is 1. The molecule has 4 aromatic rings. The van der Waals surface area contributed by atoms with Crippen molar-refractivity contribution in [1.82, 2.24) is 19.5 Å². The molecular weight excluding hydrogens is 456 g/mol. The smallest absolute Gasteiger partial charge is 0.329 e. The molecule has 170 valence electrons. The Kier molecular flexibility index (Phi) is 5.18. The van der Waals surface area contributed by atoms with Gasteiger partial charge in [-0.1, -0.05) is 6.07 Å². The molecule has 0 saturated heterocycles. The zero-order valence-electron chi connectivity index (χ0n) is 16.1. The average Bonchev–Trinajstić information content (AvgIpc) is 3.19. The lowest BCUT2D eigenvalue weighted by molar-refractivity contribution is -0.142. The van der Waals surface area contributed by atoms with Gasteiger partial charge in [-0.2, -0.15) is 26.3 Å². The van der Waals surface area contributed by atoms with E-state index in [4.69, 9.17) is 0 Å². The number of pyridine rings is 2. The highest BCUT2D eigenvalue weighted by molar-refractivity contribution is 6.04. The van der Waals surface area contributed by atoms with Crippen LogP contribution in [-0.2, 0) is 12.4 Å². The SMILES string of the molecule is O=C(Nc1ccnc(C(F)(F)F)c1)c1ncn(-c2cccc3c(=O)[nH]ccc23)c1C(F)(F)F. The number of halogens is 6. The monoisotopic (exact) mass is 467 g/mol. The molecule has 0 saturated carbocycles. The van der Waals surface area contributed by atoms with Crippen molar-refractivity contribution >= 4 is 22.4 Å². The van der Waals surface area contributed by atoms with Gasteiger partial charge in [0.2, 0.25) is 0 Å². The molecule has 0 unspecified atom stereocenters. The lowest BCUT2D eigenvalue weighted by Crippen LogP contribution is -2.21. The molecule has 1 amide bonds. The minimum Gasteiger partial charge on any atom is -0.329 e. The zero-order valence-corrected chi connectivity index (χ0v) is 16.1. The second kappa shape index (κ2) is 7.76. The Balaban J connectivity index is 1.81. The molecule has 4 rings (SSSR count). The molecule has 0 radical (unpaired) electrons. The third-order valence-electron chi connectivity index (χ3n) is 4.61. The summed E-state index contributed by atoms with van der Waals surface area (Å²) in [5.74, 6) is -1.38. The third kappa shape index (κ3) is 4.16. The molecule has 0 fully saturated rings. The molecular formula is C20H11F6N5O2. The van der Waals surface area contributed by atoms with E-state index in [0.717, 1.165) is 18.6 Å². The van der Waals surface area contributed by atoms with Crippen LogP contribution in [0.2, 0.25) is 0 Å². The Morgan fingerprint density at radius 2 is 1.73 bits per heavy atom. The third-order valence-corrected chi connectivity index (χ3v) is 4.61. The van der Waals surface area contributed by atoms with Gasteiger partial charge in [-0.05, 0) is 30.3 Å². The summed E-state index contributed by atoms with van der Waals surface area (Å²) >= 11 is 0. The fraction of sp³-hybridized carbons (Fsp3) is 0.100. The number of nitrogens with zero attached hydrogens (tertiary/aromatic N) is 3. The maximum atomic E-state index is 14.0. The normalized spacial score (nSPS) is 12.2. The molecule has 0 spiro atoms. The lowest BCUT2D eigenvalue weighted by Gasteiger charge is -2.15. The number of fused-ring (bicyclic) bond motifs is 1. The van der Waals surface area contributed by atoms with E-state index in [-0.39, 0.29) is 16.5 Å². The maximum Gasteiger partial charge on any atom is 0.434 e. The van der Waals surface area contributed by atoms with E-state index in [9.17, 15) is 35.9 Å². The van der Waals surface area contributed by atoms with Gasteiger partial charge in [-0.15, -0.1) is 0 Å². The maximum absolute atomic E-state index is 14.0. The fourth-order valence-electron chi connectivity index (χ4n) is 3.24. The standard InChI is InChI=1S/C20H11F6N5O2/c21-19(22,23)14-8-10(4-6-27-14)30-18(33)15-16(20(24,25)26)31(9-29-15)13-3-1-2-12-11(13)5-7-28-17(12)32/h1-9H,(H,28,32)(H,27,30,33). The first-order valence-corrected chi connectivity index (χ1v) is 9.07. The van der Waals surface area contributed by atoms with Crippen molar-refractivity contribution in [3.05, 3.63) is 82.6 Å². The van der Waals surface area contributed by atoms with Gasteiger partial charge < -0.3 is 10.3 Å². The number of benzene rings is 1. The molecule has 33 heavy (non-hydrogen) atoms. The van der Waals surface area contributed by atoms with E-state index < -0.39 is 46.6 Å². The van der Waals surface area contributed by atoms with Crippen molar-refractivity contribution in [3.8, 4) is 5.69 Å². The largest absolute Gasteiger partial charge is 0.434 e. The first-order chi connectivity index (χ1) is 15.5. The second-order valence-corrected chi connectivity index (χ2v) is 6.74. The molecule has 2 N–H and O–H groups in total. The van der Waals surface area contributed by atoms with Crippen LogP contribution in [0.1, 0.15) is 21.9 Å². The molecule has 0 bridgehead atoms. The number of carbonyl (C=O) groups excluding carboxylic acids is 1. The van der Waals surface area contributed by atoms with Crippen LogP contribution in [0.5, 0.6) is 0 Å². The molecule has 3 heterocycles. The van der Waals surface area contributed by atoms with Crippen molar-refractivity contribution in [2.75, 3.05) is 5.32 Å². The Labute approximate surface area is 179 Å². The van der Waals surface area contributed by atoms with E-state index in [1.54, 1.807) is 0 Å². The molecule has 0 aliphatic rings. The van der Waals surface area contributed by atoms with Crippen LogP contribution in [0.3, 0.4) is 0 Å². The van der Waals surface area contributed by atoms with Crippen molar-refractivity contribution in [2.45, 2.75) is 12.4 Å². The minimum absolute atomic E-state index is 0.0688. The number of anilines is 1. The number of nitrogens with one attached hydrogen (secondary N) is 2. The molecule has 3 aromatic heterocycles. The van der Waals surface area contributed by atoms with Crippen molar-refractivity contribution in [2.24, 2.45) is 0 Å². The van der Waals surface area contributed by atoms with E-state index in [0.29, 0.717) is 10.6 Å². The first kappa shape index (κ1) is 22.0. The summed E-state index contributed by atoms with van der Waals surface area (Å²) < 4.78 is 81.0. The summed E-state index contributed by atoms with van der Waals surface area (Å²) in [5, 5.41) is 2.26. The summed E-state index contributed by atoms with van der Waals surface area (Å²) in [6.07, 6.45) is -7.11. The van der Waals surface area contributed by atoms with Crippen LogP contribution in [0, 0.1) is 0 Å². The number of aromatic nitrogens is 4. The van der Waals surface area contributed by atoms with Gasteiger partial charge in [-0.3, -0.25) is 19.1 Å². The predicted octanol–water partition coefficient (Wildman–Crippen LogP) is 4.40. The van der Waals surface area contributed by atoms with Crippen molar-refractivity contribution in [3.63, 3.8) is 0 Å². The summed E-state index contributed by atoms with van der Waals surface area (Å²) in [4.78, 5) is 33.7. The van der Waals surface area contributed by atoms with Gasteiger partial charge in [0.1, 0.15) is 12.0 Å². The number of H-pyrrole nitrogens is 1. The summed E-state index contributed by atoms with van der Waals surface area (Å²) in [6, 6.07) is 6.95. The topological polar surface area (TPSA) is 92.7 Å². The average molecular weight is 467 g/mol. The van der Waals surface area contributed by atoms with Gasteiger partial charge in [0.25, 0.3) is 11.5 Å². The summed E-state index contributed by atoms with van der Waals surface area (Å²) in [5.41, 5.74) is -4.86. The molecule has 0 atom stereocenters. The van der Waals surface area contributed by atoms with Gasteiger partial charge in [-0.25, -0.2) is 4.98 Å². The van der Waals surface area contributed by atoms with Gasteiger partial charge in [0, 0.05) is 28.9 Å². The van der Waals surface area contributed by atoms with Gasteiger partial charge in [0.15, 0.2) is 11.4 Å². The van der Waals surface area contributed by atoms with E-state index in [2.05, 4.69) is 15.0 Å². The predicted molar refractivity (Wildman–Crippen MR) is 104 cm³/mol. The molecule has 13 heteroatoms.